The molecule has 5 heteroatoms. The quantitative estimate of drug-likeness (QED) is 0.844. The number of benzene rings is 1. The van der Waals surface area contributed by atoms with E-state index in [0.29, 0.717) is 11.3 Å². The van der Waals surface area contributed by atoms with Crippen LogP contribution in [0.4, 0.5) is 5.69 Å². The number of anilines is 1. The van der Waals surface area contributed by atoms with Crippen molar-refractivity contribution in [2.75, 3.05) is 25.0 Å². The first-order chi connectivity index (χ1) is 9.24. The molecule has 1 heterocycles. The summed E-state index contributed by atoms with van der Waals surface area (Å²) in [6.07, 6.45) is 1.94. The monoisotopic (exact) mass is 259 g/mol. The summed E-state index contributed by atoms with van der Waals surface area (Å²) < 4.78 is 0. The fourth-order valence-electron chi connectivity index (χ4n) is 2.37. The largest absolute Gasteiger partial charge is 0.395 e. The number of hydrogen-bond acceptors (Lipinski definition) is 4. The van der Waals surface area contributed by atoms with Gasteiger partial charge in [-0.2, -0.15) is 5.26 Å². The molecule has 19 heavy (non-hydrogen) atoms. The fraction of sp³-hybridized carbons (Fsp3) is 0.429. The number of para-hydroxylation sites is 1. The third-order valence-electron chi connectivity index (χ3n) is 3.38. The third kappa shape index (κ3) is 3.31. The van der Waals surface area contributed by atoms with Crippen LogP contribution in [0.1, 0.15) is 18.4 Å². The maximum Gasteiger partial charge on any atom is 0.238 e. The van der Waals surface area contributed by atoms with Crippen LogP contribution in [0.25, 0.3) is 0 Å². The maximum atomic E-state index is 12.0. The van der Waals surface area contributed by atoms with Gasteiger partial charge in [-0.3, -0.25) is 9.69 Å². The summed E-state index contributed by atoms with van der Waals surface area (Å²) in [6, 6.07) is 9.05. The van der Waals surface area contributed by atoms with E-state index in [2.05, 4.69) is 5.32 Å². The second kappa shape index (κ2) is 6.32. The zero-order chi connectivity index (χ0) is 13.7. The molecule has 0 aliphatic carbocycles. The van der Waals surface area contributed by atoms with Crippen LogP contribution in [0.5, 0.6) is 0 Å². The fourth-order valence-corrected chi connectivity index (χ4v) is 2.37. The van der Waals surface area contributed by atoms with Gasteiger partial charge in [0.05, 0.1) is 24.4 Å². The molecule has 0 saturated carbocycles. The Hall–Kier alpha value is -1.90. The minimum atomic E-state index is -0.150. The summed E-state index contributed by atoms with van der Waals surface area (Å²) in [5, 5.41) is 20.9. The molecule has 2 rings (SSSR count). The van der Waals surface area contributed by atoms with Gasteiger partial charge in [0.2, 0.25) is 5.91 Å². The van der Waals surface area contributed by atoms with Crippen molar-refractivity contribution in [3.63, 3.8) is 0 Å². The number of rotatable bonds is 4. The maximum absolute atomic E-state index is 12.0. The summed E-state index contributed by atoms with van der Waals surface area (Å²) in [6.45, 7) is 1.17. The Morgan fingerprint density at radius 1 is 1.53 bits per heavy atom. The number of carbonyl (C=O) groups excluding carboxylic acids is 1. The third-order valence-corrected chi connectivity index (χ3v) is 3.38. The van der Waals surface area contributed by atoms with Gasteiger partial charge >= 0.3 is 0 Å². The Balaban J connectivity index is 1.96. The van der Waals surface area contributed by atoms with Crippen molar-refractivity contribution < 1.29 is 9.90 Å². The van der Waals surface area contributed by atoms with Crippen LogP contribution >= 0.6 is 0 Å². The first-order valence-corrected chi connectivity index (χ1v) is 6.38. The first-order valence-electron chi connectivity index (χ1n) is 6.38. The van der Waals surface area contributed by atoms with Gasteiger partial charge in [0.15, 0.2) is 0 Å². The molecule has 5 nitrogen and oxygen atoms in total. The number of nitrogens with one attached hydrogen (secondary N) is 1. The van der Waals surface area contributed by atoms with Crippen LogP contribution < -0.4 is 5.32 Å². The molecule has 0 radical (unpaired) electrons. The normalized spacial score (nSPS) is 19.1. The summed E-state index contributed by atoms with van der Waals surface area (Å²) in [5.74, 6) is -0.150. The van der Waals surface area contributed by atoms with E-state index in [1.165, 1.54) is 0 Å². The number of carbonyl (C=O) groups is 1. The summed E-state index contributed by atoms with van der Waals surface area (Å²) in [5.41, 5.74) is 0.991. The second-order valence-electron chi connectivity index (χ2n) is 4.65. The average molecular weight is 259 g/mol. The van der Waals surface area contributed by atoms with Crippen LogP contribution in [0, 0.1) is 11.3 Å². The first kappa shape index (κ1) is 13.5. The standard InChI is InChI=1S/C14H17N3O2/c15-8-11-4-1-2-6-13(11)16-14(19)9-17-7-3-5-12(17)10-18/h1-2,4,6,12,18H,3,5,7,9-10H2,(H,16,19)/t12-/m0/s1. The smallest absolute Gasteiger partial charge is 0.238 e. The molecule has 1 aliphatic heterocycles. The molecule has 0 spiro atoms. The Kier molecular flexibility index (Phi) is 4.50. The highest BCUT2D eigenvalue weighted by Crippen LogP contribution is 2.17. The molecule has 0 bridgehead atoms. The zero-order valence-electron chi connectivity index (χ0n) is 10.7. The molecule has 0 aromatic heterocycles. The van der Waals surface area contributed by atoms with Gasteiger partial charge < -0.3 is 10.4 Å². The number of aliphatic hydroxyl groups excluding tert-OH is 1. The van der Waals surface area contributed by atoms with Crippen LogP contribution in [-0.2, 0) is 4.79 Å². The SMILES string of the molecule is N#Cc1ccccc1NC(=O)CN1CCC[C@H]1CO. The van der Waals surface area contributed by atoms with E-state index in [9.17, 15) is 9.90 Å². The Morgan fingerprint density at radius 2 is 2.32 bits per heavy atom. The minimum Gasteiger partial charge on any atom is -0.395 e. The molecule has 2 N–H and O–H groups in total. The average Bonchev–Trinajstić information content (AvgIpc) is 2.86. The van der Waals surface area contributed by atoms with E-state index in [-0.39, 0.29) is 25.1 Å². The van der Waals surface area contributed by atoms with Gasteiger partial charge in [-0.1, -0.05) is 12.1 Å². The molecule has 1 fully saturated rings. The Labute approximate surface area is 112 Å². The van der Waals surface area contributed by atoms with Gasteiger partial charge in [0.1, 0.15) is 6.07 Å². The van der Waals surface area contributed by atoms with Gasteiger partial charge in [-0.05, 0) is 31.5 Å². The molecule has 1 atom stereocenters. The van der Waals surface area contributed by atoms with Crippen molar-refractivity contribution in [1.29, 1.82) is 5.26 Å². The highest BCUT2D eigenvalue weighted by atomic mass is 16.3. The predicted molar refractivity (Wildman–Crippen MR) is 71.5 cm³/mol. The zero-order valence-corrected chi connectivity index (χ0v) is 10.7. The summed E-state index contributed by atoms with van der Waals surface area (Å²) >= 11 is 0. The summed E-state index contributed by atoms with van der Waals surface area (Å²) in [4.78, 5) is 13.9. The number of aliphatic hydroxyl groups is 1. The number of hydrogen-bond donors (Lipinski definition) is 2. The molecule has 1 saturated heterocycles. The minimum absolute atomic E-state index is 0.0805. The summed E-state index contributed by atoms with van der Waals surface area (Å²) in [7, 11) is 0. The lowest BCUT2D eigenvalue weighted by Crippen LogP contribution is -2.38. The lowest BCUT2D eigenvalue weighted by Gasteiger charge is -2.21. The van der Waals surface area contributed by atoms with Crippen LogP contribution in [0.2, 0.25) is 0 Å². The predicted octanol–water partition coefficient (Wildman–Crippen LogP) is 0.953. The lowest BCUT2D eigenvalue weighted by molar-refractivity contribution is -0.117. The molecule has 0 unspecified atom stereocenters. The van der Waals surface area contributed by atoms with E-state index in [1.807, 2.05) is 11.0 Å². The molecule has 1 aromatic carbocycles. The second-order valence-corrected chi connectivity index (χ2v) is 4.65. The number of nitrogens with zero attached hydrogens (tertiary/aromatic N) is 2. The van der Waals surface area contributed by atoms with Crippen LogP contribution in [0.3, 0.4) is 0 Å². The van der Waals surface area contributed by atoms with Crippen molar-refractivity contribution in [2.45, 2.75) is 18.9 Å². The van der Waals surface area contributed by atoms with Crippen LogP contribution in [-0.4, -0.2) is 41.7 Å². The number of likely N-dealkylation sites (tertiary alicyclic amines) is 1. The lowest BCUT2D eigenvalue weighted by atomic mass is 10.2. The molecule has 1 amide bonds. The number of nitriles is 1. The Morgan fingerprint density at radius 3 is 3.05 bits per heavy atom. The van der Waals surface area contributed by atoms with Gasteiger partial charge in [-0.25, -0.2) is 0 Å². The van der Waals surface area contributed by atoms with Gasteiger partial charge in [0, 0.05) is 6.04 Å². The molecule has 1 aliphatic rings. The van der Waals surface area contributed by atoms with E-state index < -0.39 is 0 Å². The topological polar surface area (TPSA) is 76.4 Å². The van der Waals surface area contributed by atoms with Crippen molar-refractivity contribution in [2.24, 2.45) is 0 Å². The van der Waals surface area contributed by atoms with Crippen molar-refractivity contribution in [1.82, 2.24) is 4.90 Å². The van der Waals surface area contributed by atoms with E-state index >= 15 is 0 Å². The van der Waals surface area contributed by atoms with Crippen LogP contribution in [0.15, 0.2) is 24.3 Å². The van der Waals surface area contributed by atoms with Gasteiger partial charge in [-0.15, -0.1) is 0 Å². The highest BCUT2D eigenvalue weighted by Gasteiger charge is 2.25. The molecule has 1 aromatic rings. The molecule has 100 valence electrons. The highest BCUT2D eigenvalue weighted by molar-refractivity contribution is 5.93. The van der Waals surface area contributed by atoms with Crippen molar-refractivity contribution in [3.8, 4) is 6.07 Å². The van der Waals surface area contributed by atoms with Gasteiger partial charge in [0.25, 0.3) is 0 Å². The molecular weight excluding hydrogens is 242 g/mol. The van der Waals surface area contributed by atoms with E-state index in [4.69, 9.17) is 5.26 Å². The van der Waals surface area contributed by atoms with Crippen molar-refractivity contribution in [3.05, 3.63) is 29.8 Å². The Bertz CT molecular complexity index is 496. The van der Waals surface area contributed by atoms with E-state index in [0.717, 1.165) is 19.4 Å². The van der Waals surface area contributed by atoms with E-state index in [1.54, 1.807) is 24.3 Å². The molecular formula is C14H17N3O2. The number of amides is 1. The van der Waals surface area contributed by atoms with Crippen molar-refractivity contribution >= 4 is 11.6 Å².